The number of hydrogen-bond donors (Lipinski definition) is 1. The molecule has 0 heterocycles. The monoisotopic (exact) mass is 295 g/mol. The van der Waals surface area contributed by atoms with Crippen LogP contribution in [0.25, 0.3) is 0 Å². The third kappa shape index (κ3) is 3.40. The van der Waals surface area contributed by atoms with E-state index >= 15 is 0 Å². The number of hydrogen-bond acceptors (Lipinski definition) is 3. The first-order chi connectivity index (χ1) is 9.22. The van der Waals surface area contributed by atoms with Gasteiger partial charge in [0.05, 0.1) is 11.2 Å². The van der Waals surface area contributed by atoms with Crippen molar-refractivity contribution in [1.29, 1.82) is 0 Å². The summed E-state index contributed by atoms with van der Waals surface area (Å²) in [5.41, 5.74) is 1.57. The van der Waals surface area contributed by atoms with Crippen molar-refractivity contribution in [2.45, 2.75) is 6.61 Å². The first-order valence-electron chi connectivity index (χ1n) is 5.54. The average molecular weight is 296 g/mol. The molecule has 3 nitrogen and oxygen atoms in total. The smallest absolute Gasteiger partial charge is 0.148 e. The Morgan fingerprint density at radius 3 is 2.53 bits per heavy atom. The molecule has 98 valence electrons. The SMILES string of the molecule is ON=Cc1ccc(Cl)c(Cl)c1OCc1ccccc1. The molecule has 0 atom stereocenters. The molecule has 0 bridgehead atoms. The molecule has 1 N–H and O–H groups in total. The zero-order valence-corrected chi connectivity index (χ0v) is 11.4. The zero-order chi connectivity index (χ0) is 13.7. The van der Waals surface area contributed by atoms with E-state index in [0.29, 0.717) is 28.0 Å². The fourth-order valence-corrected chi connectivity index (χ4v) is 1.96. The van der Waals surface area contributed by atoms with E-state index in [-0.39, 0.29) is 0 Å². The molecule has 19 heavy (non-hydrogen) atoms. The molecule has 0 radical (unpaired) electrons. The summed E-state index contributed by atoms with van der Waals surface area (Å²) in [7, 11) is 0. The lowest BCUT2D eigenvalue weighted by Gasteiger charge is -2.11. The summed E-state index contributed by atoms with van der Waals surface area (Å²) in [6, 6.07) is 13.0. The second-order valence-corrected chi connectivity index (χ2v) is 4.58. The van der Waals surface area contributed by atoms with Crippen molar-refractivity contribution in [1.82, 2.24) is 0 Å². The van der Waals surface area contributed by atoms with E-state index in [1.54, 1.807) is 12.1 Å². The normalized spacial score (nSPS) is 10.8. The van der Waals surface area contributed by atoms with Crippen LogP contribution in [0.5, 0.6) is 5.75 Å². The summed E-state index contributed by atoms with van der Waals surface area (Å²) in [6.45, 7) is 0.354. The molecule has 0 saturated heterocycles. The molecule has 0 amide bonds. The van der Waals surface area contributed by atoms with Crippen molar-refractivity contribution >= 4 is 29.4 Å². The largest absolute Gasteiger partial charge is 0.487 e. The Bertz CT molecular complexity index is 585. The fourth-order valence-electron chi connectivity index (χ4n) is 1.59. The third-order valence-corrected chi connectivity index (χ3v) is 3.29. The van der Waals surface area contributed by atoms with Gasteiger partial charge in [-0.05, 0) is 17.7 Å². The van der Waals surface area contributed by atoms with Crippen LogP contribution >= 0.6 is 23.2 Å². The maximum atomic E-state index is 8.63. The van der Waals surface area contributed by atoms with Gasteiger partial charge in [-0.15, -0.1) is 0 Å². The van der Waals surface area contributed by atoms with Gasteiger partial charge in [0.25, 0.3) is 0 Å². The molecule has 2 rings (SSSR count). The number of oxime groups is 1. The Morgan fingerprint density at radius 2 is 1.84 bits per heavy atom. The van der Waals surface area contributed by atoms with Gasteiger partial charge in [0, 0.05) is 5.56 Å². The van der Waals surface area contributed by atoms with Crippen LogP contribution in [0.15, 0.2) is 47.6 Å². The highest BCUT2D eigenvalue weighted by Gasteiger charge is 2.11. The number of rotatable bonds is 4. The second-order valence-electron chi connectivity index (χ2n) is 3.80. The topological polar surface area (TPSA) is 41.8 Å². The summed E-state index contributed by atoms with van der Waals surface area (Å²) >= 11 is 12.0. The van der Waals surface area contributed by atoms with E-state index in [4.69, 9.17) is 33.1 Å². The number of ether oxygens (including phenoxy) is 1. The molecule has 0 fully saturated rings. The molecule has 0 aromatic heterocycles. The van der Waals surface area contributed by atoms with Crippen LogP contribution in [-0.2, 0) is 6.61 Å². The van der Waals surface area contributed by atoms with Crippen LogP contribution in [0.2, 0.25) is 10.0 Å². The number of halogens is 2. The summed E-state index contributed by atoms with van der Waals surface area (Å²) in [5.74, 6) is 0.399. The molecular formula is C14H11Cl2NO2. The van der Waals surface area contributed by atoms with Crippen LogP contribution < -0.4 is 4.74 Å². The molecule has 2 aromatic rings. The Morgan fingerprint density at radius 1 is 1.11 bits per heavy atom. The van der Waals surface area contributed by atoms with Gasteiger partial charge >= 0.3 is 0 Å². The third-order valence-electron chi connectivity index (χ3n) is 2.50. The van der Waals surface area contributed by atoms with Gasteiger partial charge in [0.15, 0.2) is 0 Å². The number of benzene rings is 2. The van der Waals surface area contributed by atoms with Gasteiger partial charge in [0.1, 0.15) is 17.4 Å². The standard InChI is InChI=1S/C14H11Cl2NO2/c15-12-7-6-11(8-17-18)14(13(12)16)19-9-10-4-2-1-3-5-10/h1-8,18H,9H2. The van der Waals surface area contributed by atoms with E-state index < -0.39 is 0 Å². The molecular weight excluding hydrogens is 285 g/mol. The summed E-state index contributed by atoms with van der Waals surface area (Å²) in [4.78, 5) is 0. The minimum Gasteiger partial charge on any atom is -0.487 e. The van der Waals surface area contributed by atoms with Crippen molar-refractivity contribution in [2.75, 3.05) is 0 Å². The molecule has 0 aliphatic carbocycles. The van der Waals surface area contributed by atoms with E-state index in [9.17, 15) is 0 Å². The lowest BCUT2D eigenvalue weighted by atomic mass is 10.2. The van der Waals surface area contributed by atoms with Crippen molar-refractivity contribution in [3.8, 4) is 5.75 Å². The first-order valence-corrected chi connectivity index (χ1v) is 6.30. The Labute approximate surface area is 121 Å². The molecule has 0 spiro atoms. The lowest BCUT2D eigenvalue weighted by Crippen LogP contribution is -1.99. The highest BCUT2D eigenvalue weighted by Crippen LogP contribution is 2.35. The van der Waals surface area contributed by atoms with Crippen LogP contribution in [0, 0.1) is 0 Å². The van der Waals surface area contributed by atoms with Gasteiger partial charge in [0.2, 0.25) is 0 Å². The molecule has 0 saturated carbocycles. The maximum Gasteiger partial charge on any atom is 0.148 e. The van der Waals surface area contributed by atoms with Crippen molar-refractivity contribution in [2.24, 2.45) is 5.16 Å². The molecule has 0 unspecified atom stereocenters. The predicted octanol–water partition coefficient (Wildman–Crippen LogP) is 4.38. The van der Waals surface area contributed by atoms with Gasteiger partial charge < -0.3 is 9.94 Å². The Kier molecular flexibility index (Phi) is 4.66. The first kappa shape index (κ1) is 13.7. The molecule has 2 aromatic carbocycles. The summed E-state index contributed by atoms with van der Waals surface area (Å²) in [5, 5.41) is 12.3. The minimum atomic E-state index is 0.301. The molecule has 5 heteroatoms. The van der Waals surface area contributed by atoms with Crippen LogP contribution in [0.4, 0.5) is 0 Å². The van der Waals surface area contributed by atoms with E-state index in [0.717, 1.165) is 5.56 Å². The zero-order valence-electron chi connectivity index (χ0n) is 9.88. The minimum absolute atomic E-state index is 0.301. The molecule has 0 aliphatic heterocycles. The van der Waals surface area contributed by atoms with Gasteiger partial charge in [-0.1, -0.05) is 58.7 Å². The average Bonchev–Trinajstić information content (AvgIpc) is 2.44. The lowest BCUT2D eigenvalue weighted by molar-refractivity contribution is 0.304. The fraction of sp³-hybridized carbons (Fsp3) is 0.0714. The van der Waals surface area contributed by atoms with Crippen molar-refractivity contribution in [3.63, 3.8) is 0 Å². The second kappa shape index (κ2) is 6.45. The van der Waals surface area contributed by atoms with Crippen LogP contribution in [-0.4, -0.2) is 11.4 Å². The highest BCUT2D eigenvalue weighted by atomic mass is 35.5. The highest BCUT2D eigenvalue weighted by molar-refractivity contribution is 6.43. The van der Waals surface area contributed by atoms with Gasteiger partial charge in [-0.3, -0.25) is 0 Å². The van der Waals surface area contributed by atoms with Crippen LogP contribution in [0.1, 0.15) is 11.1 Å². The quantitative estimate of drug-likeness (QED) is 0.517. The predicted molar refractivity (Wildman–Crippen MR) is 76.6 cm³/mol. The van der Waals surface area contributed by atoms with E-state index in [1.165, 1.54) is 6.21 Å². The number of nitrogens with zero attached hydrogens (tertiary/aromatic N) is 1. The van der Waals surface area contributed by atoms with Gasteiger partial charge in [-0.2, -0.15) is 0 Å². The molecule has 0 aliphatic rings. The summed E-state index contributed by atoms with van der Waals surface area (Å²) in [6.07, 6.45) is 1.25. The van der Waals surface area contributed by atoms with E-state index in [2.05, 4.69) is 5.16 Å². The van der Waals surface area contributed by atoms with Crippen molar-refractivity contribution < 1.29 is 9.94 Å². The van der Waals surface area contributed by atoms with Crippen LogP contribution in [0.3, 0.4) is 0 Å². The Balaban J connectivity index is 2.25. The van der Waals surface area contributed by atoms with Gasteiger partial charge in [-0.25, -0.2) is 0 Å². The maximum absolute atomic E-state index is 8.63. The Hall–Kier alpha value is -1.71. The summed E-state index contributed by atoms with van der Waals surface area (Å²) < 4.78 is 5.67. The van der Waals surface area contributed by atoms with E-state index in [1.807, 2.05) is 30.3 Å². The van der Waals surface area contributed by atoms with Crippen molar-refractivity contribution in [3.05, 3.63) is 63.6 Å².